The number of nitriles is 2. The van der Waals surface area contributed by atoms with Gasteiger partial charge < -0.3 is 49.6 Å². The molecule has 424 valence electrons. The van der Waals surface area contributed by atoms with Crippen molar-refractivity contribution in [1.29, 1.82) is 10.5 Å². The lowest BCUT2D eigenvalue weighted by Crippen LogP contribution is -2.52. The van der Waals surface area contributed by atoms with Gasteiger partial charge in [0.25, 0.3) is 0 Å². The summed E-state index contributed by atoms with van der Waals surface area (Å²) in [6.07, 6.45) is -13.7. The molecule has 5 heterocycles. The van der Waals surface area contributed by atoms with Gasteiger partial charge in [0.2, 0.25) is 0 Å². The first kappa shape index (κ1) is 61.4. The number of carboxylic acid groups (broad SMARTS) is 1. The maximum Gasteiger partial charge on any atom is 0.434 e. The number of amides is 4. The van der Waals surface area contributed by atoms with Crippen LogP contribution in [-0.2, 0) is 34.5 Å². The molecule has 2 aliphatic rings. The van der Waals surface area contributed by atoms with Crippen molar-refractivity contribution in [3.8, 4) is 17.9 Å². The third-order valence-electron chi connectivity index (χ3n) is 11.4. The van der Waals surface area contributed by atoms with Crippen LogP contribution in [0.15, 0.2) is 85.1 Å². The Morgan fingerprint density at radius 2 is 1.06 bits per heavy atom. The molecule has 0 saturated carbocycles. The average molecular weight is 1130 g/mol. The molecule has 0 aliphatic carbocycles. The predicted molar refractivity (Wildman–Crippen MR) is 264 cm³/mol. The summed E-state index contributed by atoms with van der Waals surface area (Å²) in [5.74, 6) is -3.93. The molecule has 0 bridgehead atoms. The summed E-state index contributed by atoms with van der Waals surface area (Å²) in [6.45, 7) is 4.47. The van der Waals surface area contributed by atoms with Crippen LogP contribution >= 0.6 is 0 Å². The van der Waals surface area contributed by atoms with Gasteiger partial charge in [0, 0.05) is 65.1 Å². The Labute approximate surface area is 449 Å². The Morgan fingerprint density at radius 1 is 0.613 bits per heavy atom. The van der Waals surface area contributed by atoms with Crippen LogP contribution in [0.25, 0.3) is 0 Å². The highest BCUT2D eigenvalue weighted by Crippen LogP contribution is 2.36. The number of aromatic carboxylic acids is 1. The van der Waals surface area contributed by atoms with Gasteiger partial charge in [-0.15, -0.1) is 0 Å². The van der Waals surface area contributed by atoms with Crippen LogP contribution in [0.4, 0.5) is 66.4 Å². The van der Waals surface area contributed by atoms with Crippen molar-refractivity contribution in [1.82, 2.24) is 30.1 Å². The van der Waals surface area contributed by atoms with Gasteiger partial charge in [0.05, 0.1) is 53.8 Å². The Kier molecular flexibility index (Phi) is 20.9. The van der Waals surface area contributed by atoms with E-state index < -0.39 is 76.2 Å². The van der Waals surface area contributed by atoms with Crippen molar-refractivity contribution < 1.29 is 82.8 Å². The molecular weight excluding hydrogens is 1080 g/mol. The van der Waals surface area contributed by atoms with Crippen molar-refractivity contribution in [2.45, 2.75) is 38.9 Å². The molecule has 29 heteroatoms. The first-order chi connectivity index (χ1) is 37.9. The molecule has 2 saturated heterocycles. The third kappa shape index (κ3) is 16.1. The van der Waals surface area contributed by atoms with E-state index in [0.29, 0.717) is 18.0 Å². The lowest BCUT2D eigenvalue weighted by atomic mass is 10.1. The largest absolute Gasteiger partial charge is 0.495 e. The van der Waals surface area contributed by atoms with E-state index in [9.17, 15) is 74.0 Å². The highest BCUT2D eigenvalue weighted by Gasteiger charge is 2.42. The first-order valence-corrected chi connectivity index (χ1v) is 23.8. The number of methoxy groups -OCH3 is 1. The van der Waals surface area contributed by atoms with Crippen LogP contribution < -0.4 is 25.2 Å². The van der Waals surface area contributed by atoms with Gasteiger partial charge in [-0.3, -0.25) is 4.98 Å². The molecule has 5 aromatic rings. The SMILES string of the molecule is CCOC(=O)c1cc(C#N)c(N2CCN(C(=O)NCc3ccccc3)CC2)nc1C(F)(F)F.CCOC(=O)c1cc(C#N)c(N2CCN(C(=O)Nc3ccccc3OC)CC2)nc1C(F)(F)F.O=C(O)c1cccnc1C(F)(F)F. The number of benzene rings is 2. The number of piperazine rings is 2. The van der Waals surface area contributed by atoms with Gasteiger partial charge in [-0.25, -0.2) is 33.9 Å². The summed E-state index contributed by atoms with van der Waals surface area (Å²) in [6, 6.07) is 22.9. The number of pyridine rings is 3. The zero-order chi connectivity index (χ0) is 59.0. The standard InChI is InChI=1S/C22H22F3N5O4.C22H22F3N5O3.C7H4F3NO2/c1-3-34-20(31)15-12-14(13-26)19(28-18(15)22(23,24)25)29-8-10-30(11-9-29)21(32)27-16-6-4-5-7-17(16)33-2;1-2-33-20(31)17-12-16(13-26)19(28-18(17)22(23,24)25)29-8-10-30(11-9-29)21(32)27-14-15-6-4-3-5-7-15;8-7(9,10)5-4(6(12)13)2-1-3-11-5/h4-7,12H,3,8-11H2,1-2H3,(H,27,32);3-7,12H,2,8-11,14H2,1H3,(H,27,32);1-3H,(H,12,13). The molecule has 7 rings (SSSR count). The van der Waals surface area contributed by atoms with Gasteiger partial charge in [-0.1, -0.05) is 42.5 Å². The quantitative estimate of drug-likeness (QED) is 0.0827. The number of alkyl halides is 9. The van der Waals surface area contributed by atoms with Crippen molar-refractivity contribution in [2.75, 3.05) is 87.8 Å². The average Bonchev–Trinajstić information content (AvgIpc) is 3.57. The van der Waals surface area contributed by atoms with E-state index in [1.807, 2.05) is 36.4 Å². The fourth-order valence-corrected chi connectivity index (χ4v) is 7.69. The molecule has 0 radical (unpaired) electrons. The van der Waals surface area contributed by atoms with Gasteiger partial charge in [-0.05, 0) is 55.8 Å². The summed E-state index contributed by atoms with van der Waals surface area (Å²) < 4.78 is 132. The second-order valence-electron chi connectivity index (χ2n) is 16.6. The summed E-state index contributed by atoms with van der Waals surface area (Å²) in [5.41, 5.74) is -5.60. The zero-order valence-electron chi connectivity index (χ0n) is 42.5. The molecule has 4 amide bonds. The van der Waals surface area contributed by atoms with Gasteiger partial charge >= 0.3 is 48.5 Å². The molecule has 3 aromatic heterocycles. The molecule has 3 N–H and O–H groups in total. The number of urea groups is 2. The van der Waals surface area contributed by atoms with E-state index in [4.69, 9.17) is 19.3 Å². The van der Waals surface area contributed by atoms with E-state index in [-0.39, 0.29) is 94.4 Å². The number of carbonyl (C=O) groups is 5. The Balaban J connectivity index is 0.000000241. The van der Waals surface area contributed by atoms with Crippen LogP contribution in [0, 0.1) is 22.7 Å². The van der Waals surface area contributed by atoms with Gasteiger partial charge in [0.15, 0.2) is 17.1 Å². The topological polar surface area (TPSA) is 257 Å². The second-order valence-corrected chi connectivity index (χ2v) is 16.6. The van der Waals surface area contributed by atoms with Crippen molar-refractivity contribution in [3.05, 3.63) is 136 Å². The molecule has 0 spiro atoms. The normalized spacial score (nSPS) is 13.4. The molecular formula is C51H48F9N11O9. The van der Waals surface area contributed by atoms with E-state index in [2.05, 4.69) is 25.6 Å². The number of para-hydroxylation sites is 2. The fourth-order valence-electron chi connectivity index (χ4n) is 7.69. The van der Waals surface area contributed by atoms with Crippen molar-refractivity contribution in [2.24, 2.45) is 0 Å². The highest BCUT2D eigenvalue weighted by atomic mass is 19.4. The van der Waals surface area contributed by atoms with E-state index in [1.165, 1.54) is 35.7 Å². The maximum atomic E-state index is 13.6. The minimum Gasteiger partial charge on any atom is -0.495 e. The number of ether oxygens (including phenoxy) is 3. The molecule has 2 aliphatic heterocycles. The minimum atomic E-state index is -4.93. The first-order valence-electron chi connectivity index (χ1n) is 23.8. The molecule has 20 nitrogen and oxygen atoms in total. The summed E-state index contributed by atoms with van der Waals surface area (Å²) in [4.78, 5) is 75.7. The highest BCUT2D eigenvalue weighted by molar-refractivity contribution is 5.93. The number of aromatic nitrogens is 3. The van der Waals surface area contributed by atoms with Gasteiger partial charge in [0.1, 0.15) is 29.5 Å². The zero-order valence-corrected chi connectivity index (χ0v) is 42.5. The number of halogens is 9. The molecule has 0 atom stereocenters. The Morgan fingerprint density at radius 3 is 1.48 bits per heavy atom. The van der Waals surface area contributed by atoms with Crippen LogP contribution in [0.5, 0.6) is 5.75 Å². The Hall–Kier alpha value is -9.41. The number of nitrogens with one attached hydrogen (secondary N) is 2. The lowest BCUT2D eigenvalue weighted by molar-refractivity contribution is -0.142. The van der Waals surface area contributed by atoms with Crippen LogP contribution in [-0.4, -0.2) is 133 Å². The van der Waals surface area contributed by atoms with Crippen LogP contribution in [0.3, 0.4) is 0 Å². The smallest absolute Gasteiger partial charge is 0.434 e. The number of esters is 2. The number of nitrogens with zero attached hydrogens (tertiary/aromatic N) is 9. The number of carboxylic acids is 1. The molecule has 0 unspecified atom stereocenters. The number of rotatable bonds is 11. The van der Waals surface area contributed by atoms with Crippen LogP contribution in [0.1, 0.15) is 78.7 Å². The lowest BCUT2D eigenvalue weighted by Gasteiger charge is -2.36. The summed E-state index contributed by atoms with van der Waals surface area (Å²) in [7, 11) is 1.48. The van der Waals surface area contributed by atoms with E-state index in [0.717, 1.165) is 36.0 Å². The van der Waals surface area contributed by atoms with Crippen molar-refractivity contribution in [3.63, 3.8) is 0 Å². The minimum absolute atomic E-state index is 0.117. The summed E-state index contributed by atoms with van der Waals surface area (Å²) in [5, 5.41) is 32.9. The van der Waals surface area contributed by atoms with E-state index >= 15 is 0 Å². The monoisotopic (exact) mass is 1130 g/mol. The van der Waals surface area contributed by atoms with E-state index in [1.54, 1.807) is 35.2 Å². The number of hydrogen-bond donors (Lipinski definition) is 3. The Bertz CT molecular complexity index is 3100. The third-order valence-corrected chi connectivity index (χ3v) is 11.4. The van der Waals surface area contributed by atoms with Gasteiger partial charge in [-0.2, -0.15) is 50.0 Å². The summed E-state index contributed by atoms with van der Waals surface area (Å²) >= 11 is 0. The number of anilines is 3. The predicted octanol–water partition coefficient (Wildman–Crippen LogP) is 8.49. The maximum absolute atomic E-state index is 13.6. The van der Waals surface area contributed by atoms with Crippen LogP contribution in [0.2, 0.25) is 0 Å². The van der Waals surface area contributed by atoms with Crippen molar-refractivity contribution >= 4 is 47.3 Å². The number of hydrogen-bond acceptors (Lipinski definition) is 15. The number of carbonyl (C=O) groups excluding carboxylic acids is 4. The molecule has 2 aromatic carbocycles. The molecule has 80 heavy (non-hydrogen) atoms. The second kappa shape index (κ2) is 27.3. The molecule has 2 fully saturated rings. The fraction of sp³-hybridized carbons (Fsp3) is 0.333.